The van der Waals surface area contributed by atoms with E-state index in [-0.39, 0.29) is 12.3 Å². The molecule has 0 saturated carbocycles. The first kappa shape index (κ1) is 8.61. The Labute approximate surface area is 68.8 Å². The third kappa shape index (κ3) is 1.57. The van der Waals surface area contributed by atoms with E-state index < -0.39 is 4.92 Å². The second-order valence-corrected chi connectivity index (χ2v) is 2.37. The van der Waals surface area contributed by atoms with Gasteiger partial charge in [-0.3, -0.25) is 15.1 Å². The van der Waals surface area contributed by atoms with Gasteiger partial charge in [-0.25, -0.2) is 0 Å². The molecule has 0 atom stereocenters. The van der Waals surface area contributed by atoms with Gasteiger partial charge in [-0.15, -0.1) is 0 Å². The Morgan fingerprint density at radius 3 is 2.83 bits per heavy atom. The molecule has 0 fully saturated rings. The minimum Gasteiger partial charge on any atom is -0.390 e. The Kier molecular flexibility index (Phi) is 2.35. The van der Waals surface area contributed by atoms with Crippen LogP contribution < -0.4 is 0 Å². The molecule has 0 aromatic carbocycles. The average molecular weight is 168 g/mol. The molecule has 0 aliphatic carbocycles. The summed E-state index contributed by atoms with van der Waals surface area (Å²) in [5.41, 5.74) is 1.05. The largest absolute Gasteiger partial charge is 0.390 e. The van der Waals surface area contributed by atoms with Gasteiger partial charge in [0.1, 0.15) is 6.20 Å². The normalized spacial score (nSPS) is 9.83. The van der Waals surface area contributed by atoms with Gasteiger partial charge in [-0.05, 0) is 12.5 Å². The van der Waals surface area contributed by atoms with Crippen molar-refractivity contribution in [2.75, 3.05) is 0 Å². The van der Waals surface area contributed by atoms with Crippen molar-refractivity contribution in [1.29, 1.82) is 0 Å². The highest BCUT2D eigenvalue weighted by Crippen LogP contribution is 2.13. The first-order chi connectivity index (χ1) is 5.65. The van der Waals surface area contributed by atoms with Gasteiger partial charge in [0.05, 0.1) is 17.2 Å². The molecule has 12 heavy (non-hydrogen) atoms. The molecule has 5 heteroatoms. The molecule has 0 amide bonds. The zero-order valence-electron chi connectivity index (χ0n) is 6.52. The molecule has 0 aliphatic rings. The van der Waals surface area contributed by atoms with Gasteiger partial charge in [0, 0.05) is 6.07 Å². The lowest BCUT2D eigenvalue weighted by atomic mass is 10.2. The Hall–Kier alpha value is -1.49. The number of hydrogen-bond acceptors (Lipinski definition) is 4. The molecule has 64 valence electrons. The quantitative estimate of drug-likeness (QED) is 0.523. The van der Waals surface area contributed by atoms with Crippen molar-refractivity contribution in [3.63, 3.8) is 0 Å². The molecule has 1 heterocycles. The van der Waals surface area contributed by atoms with Crippen LogP contribution >= 0.6 is 0 Å². The van der Waals surface area contributed by atoms with Crippen LogP contribution in [0, 0.1) is 17.0 Å². The molecule has 1 rings (SSSR count). The third-order valence-electron chi connectivity index (χ3n) is 1.53. The maximum absolute atomic E-state index is 10.3. The summed E-state index contributed by atoms with van der Waals surface area (Å²) in [6, 6.07) is 1.39. The molecule has 0 saturated heterocycles. The summed E-state index contributed by atoms with van der Waals surface area (Å²) in [6.45, 7) is 1.48. The number of hydrogen-bond donors (Lipinski definition) is 1. The predicted molar refractivity (Wildman–Crippen MR) is 41.6 cm³/mol. The average Bonchev–Trinajstić information content (AvgIpc) is 2.04. The number of aliphatic hydroxyl groups excluding tert-OH is 1. The maximum atomic E-state index is 10.3. The van der Waals surface area contributed by atoms with Gasteiger partial charge in [0.25, 0.3) is 5.69 Å². The molecule has 1 aromatic rings. The molecule has 5 nitrogen and oxygen atoms in total. The first-order valence-electron chi connectivity index (χ1n) is 3.36. The van der Waals surface area contributed by atoms with Crippen molar-refractivity contribution in [2.45, 2.75) is 13.5 Å². The SMILES string of the molecule is Cc1cc([N+](=O)[O-])cnc1CO. The Morgan fingerprint density at radius 1 is 1.75 bits per heavy atom. The molecular formula is C7H8N2O3. The minimum atomic E-state index is -0.513. The Balaban J connectivity index is 3.10. The lowest BCUT2D eigenvalue weighted by Gasteiger charge is -1.99. The Morgan fingerprint density at radius 2 is 2.42 bits per heavy atom. The first-order valence-corrected chi connectivity index (χ1v) is 3.36. The maximum Gasteiger partial charge on any atom is 0.287 e. The summed E-state index contributed by atoms with van der Waals surface area (Å²) < 4.78 is 0. The summed E-state index contributed by atoms with van der Waals surface area (Å²) in [6.07, 6.45) is 1.14. The van der Waals surface area contributed by atoms with E-state index in [0.29, 0.717) is 11.3 Å². The van der Waals surface area contributed by atoms with Crippen molar-refractivity contribution in [2.24, 2.45) is 0 Å². The second-order valence-electron chi connectivity index (χ2n) is 2.37. The Bertz CT molecular complexity index is 312. The summed E-state index contributed by atoms with van der Waals surface area (Å²) in [7, 11) is 0. The highest BCUT2D eigenvalue weighted by Gasteiger charge is 2.07. The van der Waals surface area contributed by atoms with Gasteiger partial charge < -0.3 is 5.11 Å². The molecular weight excluding hydrogens is 160 g/mol. The molecule has 0 spiro atoms. The second kappa shape index (κ2) is 3.27. The highest BCUT2D eigenvalue weighted by molar-refractivity contribution is 5.33. The van der Waals surface area contributed by atoms with Crippen molar-refractivity contribution in [1.82, 2.24) is 4.98 Å². The van der Waals surface area contributed by atoms with Crippen LogP contribution in [0.4, 0.5) is 5.69 Å². The zero-order chi connectivity index (χ0) is 9.14. The van der Waals surface area contributed by atoms with E-state index in [4.69, 9.17) is 5.11 Å². The van der Waals surface area contributed by atoms with E-state index in [2.05, 4.69) is 4.98 Å². The number of aliphatic hydroxyl groups is 1. The van der Waals surface area contributed by atoms with Crippen LogP contribution in [0.2, 0.25) is 0 Å². The number of pyridine rings is 1. The lowest BCUT2D eigenvalue weighted by Crippen LogP contribution is -1.96. The molecule has 0 aliphatic heterocycles. The van der Waals surface area contributed by atoms with E-state index in [0.717, 1.165) is 6.20 Å². The van der Waals surface area contributed by atoms with Gasteiger partial charge >= 0.3 is 0 Å². The van der Waals surface area contributed by atoms with E-state index in [1.54, 1.807) is 6.92 Å². The van der Waals surface area contributed by atoms with E-state index in [1.807, 2.05) is 0 Å². The summed E-state index contributed by atoms with van der Waals surface area (Å²) in [5.74, 6) is 0. The predicted octanol–water partition coefficient (Wildman–Crippen LogP) is 0.791. The summed E-state index contributed by atoms with van der Waals surface area (Å²) in [5, 5.41) is 19.0. The van der Waals surface area contributed by atoms with E-state index in [9.17, 15) is 10.1 Å². The number of nitro groups is 1. The van der Waals surface area contributed by atoms with Crippen molar-refractivity contribution in [3.05, 3.63) is 33.6 Å². The standard InChI is InChI=1S/C7H8N2O3/c1-5-2-6(9(11)12)3-8-7(5)4-10/h2-3,10H,4H2,1H3. The smallest absolute Gasteiger partial charge is 0.287 e. The van der Waals surface area contributed by atoms with Crippen LogP contribution in [-0.4, -0.2) is 15.0 Å². The van der Waals surface area contributed by atoms with E-state index >= 15 is 0 Å². The molecule has 0 unspecified atom stereocenters. The van der Waals surface area contributed by atoms with Crippen LogP contribution in [0.25, 0.3) is 0 Å². The fourth-order valence-corrected chi connectivity index (χ4v) is 0.854. The highest BCUT2D eigenvalue weighted by atomic mass is 16.6. The zero-order valence-corrected chi connectivity index (χ0v) is 6.52. The van der Waals surface area contributed by atoms with Crippen LogP contribution in [0.15, 0.2) is 12.3 Å². The lowest BCUT2D eigenvalue weighted by molar-refractivity contribution is -0.385. The molecule has 1 aromatic heterocycles. The molecule has 0 bridgehead atoms. The van der Waals surface area contributed by atoms with E-state index in [1.165, 1.54) is 6.07 Å². The fourth-order valence-electron chi connectivity index (χ4n) is 0.854. The van der Waals surface area contributed by atoms with Gasteiger partial charge in [0.15, 0.2) is 0 Å². The van der Waals surface area contributed by atoms with Crippen molar-refractivity contribution in [3.8, 4) is 0 Å². The summed E-state index contributed by atoms with van der Waals surface area (Å²) in [4.78, 5) is 13.5. The molecule has 1 N–H and O–H groups in total. The van der Waals surface area contributed by atoms with Crippen molar-refractivity contribution < 1.29 is 10.0 Å². The van der Waals surface area contributed by atoms with Crippen LogP contribution in [-0.2, 0) is 6.61 Å². The third-order valence-corrected chi connectivity index (χ3v) is 1.53. The topological polar surface area (TPSA) is 76.3 Å². The van der Waals surface area contributed by atoms with Gasteiger partial charge in [0.2, 0.25) is 0 Å². The number of aryl methyl sites for hydroxylation is 1. The van der Waals surface area contributed by atoms with Gasteiger partial charge in [-0.1, -0.05) is 0 Å². The number of nitrogens with zero attached hydrogens (tertiary/aromatic N) is 2. The minimum absolute atomic E-state index is 0.0512. The van der Waals surface area contributed by atoms with Crippen molar-refractivity contribution >= 4 is 5.69 Å². The molecule has 0 radical (unpaired) electrons. The fraction of sp³-hybridized carbons (Fsp3) is 0.286. The summed E-state index contributed by atoms with van der Waals surface area (Å²) >= 11 is 0. The van der Waals surface area contributed by atoms with Crippen LogP contribution in [0.1, 0.15) is 11.3 Å². The number of aromatic nitrogens is 1. The number of rotatable bonds is 2. The van der Waals surface area contributed by atoms with Crippen LogP contribution in [0.5, 0.6) is 0 Å². The van der Waals surface area contributed by atoms with Crippen LogP contribution in [0.3, 0.4) is 0 Å². The van der Waals surface area contributed by atoms with Gasteiger partial charge in [-0.2, -0.15) is 0 Å². The monoisotopic (exact) mass is 168 g/mol.